The normalized spacial score (nSPS) is 12.1. The summed E-state index contributed by atoms with van der Waals surface area (Å²) in [5, 5.41) is 10.1. The molecule has 0 saturated heterocycles. The molecular formula is C22H26N4O6S2. The fraction of sp³-hybridized carbons (Fsp3) is 0.318. The predicted molar refractivity (Wildman–Crippen MR) is 127 cm³/mol. The molecule has 3 rings (SSSR count). The van der Waals surface area contributed by atoms with Crippen LogP contribution in [-0.4, -0.2) is 56.6 Å². The predicted octanol–water partition coefficient (Wildman–Crippen LogP) is 3.20. The van der Waals surface area contributed by atoms with Crippen LogP contribution in [0, 0.1) is 0 Å². The van der Waals surface area contributed by atoms with Crippen molar-refractivity contribution in [2.24, 2.45) is 0 Å². The van der Waals surface area contributed by atoms with Gasteiger partial charge in [-0.1, -0.05) is 25.4 Å². The highest BCUT2D eigenvalue weighted by Gasteiger charge is 2.21. The van der Waals surface area contributed by atoms with Crippen LogP contribution in [0.4, 0.5) is 6.01 Å². The van der Waals surface area contributed by atoms with E-state index >= 15 is 0 Å². The largest absolute Gasteiger partial charge is 0.403 e. The van der Waals surface area contributed by atoms with E-state index in [0.717, 1.165) is 12.8 Å². The monoisotopic (exact) mass is 506 g/mol. The number of sulfonamides is 1. The topological polar surface area (TPSA) is 140 Å². The van der Waals surface area contributed by atoms with Crippen molar-refractivity contribution in [1.29, 1.82) is 0 Å². The number of aromatic nitrogens is 2. The first kappa shape index (κ1) is 25.5. The maximum absolute atomic E-state index is 12.6. The van der Waals surface area contributed by atoms with E-state index in [2.05, 4.69) is 15.5 Å². The van der Waals surface area contributed by atoms with Crippen molar-refractivity contribution < 1.29 is 26.0 Å². The number of nitrogens with zero attached hydrogens (tertiary/aromatic N) is 3. The molecular weight excluding hydrogens is 480 g/mol. The quantitative estimate of drug-likeness (QED) is 0.442. The number of nitrogens with one attached hydrogen (secondary N) is 1. The molecule has 0 aliphatic rings. The Hall–Kier alpha value is -3.09. The number of amides is 1. The molecule has 0 bridgehead atoms. The van der Waals surface area contributed by atoms with Crippen LogP contribution in [0.3, 0.4) is 0 Å². The number of anilines is 1. The molecule has 34 heavy (non-hydrogen) atoms. The third-order valence-corrected chi connectivity index (χ3v) is 8.76. The molecule has 10 nitrogen and oxygen atoms in total. The molecule has 1 aromatic heterocycles. The van der Waals surface area contributed by atoms with Crippen LogP contribution in [0.15, 0.2) is 62.7 Å². The maximum Gasteiger partial charge on any atom is 0.322 e. The van der Waals surface area contributed by atoms with Crippen molar-refractivity contribution in [2.75, 3.05) is 24.7 Å². The standard InChI is InChI=1S/C22H26N4O6S2/c1-4-6-15-26(3)34(30,31)19-13-7-16(8-14-19)20(27)23-22-25-24-21(32-22)17-9-11-18(12-10-17)33(28,29)5-2/h7-14H,4-6,15H2,1-3H3,(H,23,25,27). The number of rotatable bonds is 10. The second-order valence-electron chi connectivity index (χ2n) is 7.50. The Morgan fingerprint density at radius 2 is 1.56 bits per heavy atom. The highest BCUT2D eigenvalue weighted by molar-refractivity contribution is 7.91. The van der Waals surface area contributed by atoms with E-state index < -0.39 is 25.8 Å². The summed E-state index contributed by atoms with van der Waals surface area (Å²) in [6.07, 6.45) is 1.63. The van der Waals surface area contributed by atoms with E-state index in [9.17, 15) is 21.6 Å². The Balaban J connectivity index is 1.69. The van der Waals surface area contributed by atoms with Crippen molar-refractivity contribution in [3.05, 3.63) is 54.1 Å². The summed E-state index contributed by atoms with van der Waals surface area (Å²) in [6, 6.07) is 11.4. The molecule has 182 valence electrons. The van der Waals surface area contributed by atoms with Crippen molar-refractivity contribution in [3.63, 3.8) is 0 Å². The van der Waals surface area contributed by atoms with Crippen molar-refractivity contribution in [1.82, 2.24) is 14.5 Å². The minimum atomic E-state index is -3.63. The first-order chi connectivity index (χ1) is 16.1. The summed E-state index contributed by atoms with van der Waals surface area (Å²) < 4.78 is 55.8. The Morgan fingerprint density at radius 1 is 0.941 bits per heavy atom. The Morgan fingerprint density at radius 3 is 2.15 bits per heavy atom. The fourth-order valence-corrected chi connectivity index (χ4v) is 5.08. The van der Waals surface area contributed by atoms with E-state index in [0.29, 0.717) is 12.1 Å². The van der Waals surface area contributed by atoms with Crippen LogP contribution in [0.25, 0.3) is 11.5 Å². The van der Waals surface area contributed by atoms with Gasteiger partial charge >= 0.3 is 6.01 Å². The Labute approximate surface area is 199 Å². The third kappa shape index (κ3) is 5.69. The molecule has 0 aliphatic carbocycles. The van der Waals surface area contributed by atoms with Gasteiger partial charge in [-0.25, -0.2) is 21.1 Å². The van der Waals surface area contributed by atoms with E-state index in [4.69, 9.17) is 4.42 Å². The number of carbonyl (C=O) groups is 1. The van der Waals surface area contributed by atoms with Gasteiger partial charge in [-0.3, -0.25) is 10.1 Å². The van der Waals surface area contributed by atoms with E-state index in [1.807, 2.05) is 6.92 Å². The van der Waals surface area contributed by atoms with Gasteiger partial charge in [0.25, 0.3) is 5.91 Å². The van der Waals surface area contributed by atoms with Gasteiger partial charge in [-0.05, 0) is 55.0 Å². The molecule has 0 radical (unpaired) electrons. The van der Waals surface area contributed by atoms with Gasteiger partial charge in [-0.2, -0.15) is 0 Å². The number of carbonyl (C=O) groups excluding carboxylic acids is 1. The Kier molecular flexibility index (Phi) is 7.85. The van der Waals surface area contributed by atoms with Crippen molar-refractivity contribution >= 4 is 31.8 Å². The number of sulfone groups is 1. The van der Waals surface area contributed by atoms with Gasteiger partial charge in [0.05, 0.1) is 15.5 Å². The molecule has 1 heterocycles. The van der Waals surface area contributed by atoms with Crippen LogP contribution >= 0.6 is 0 Å². The van der Waals surface area contributed by atoms with Crippen LogP contribution in [-0.2, 0) is 19.9 Å². The van der Waals surface area contributed by atoms with Crippen LogP contribution in [0.2, 0.25) is 0 Å². The van der Waals surface area contributed by atoms with Gasteiger partial charge in [-0.15, -0.1) is 5.10 Å². The third-order valence-electron chi connectivity index (χ3n) is 5.14. The summed E-state index contributed by atoms with van der Waals surface area (Å²) in [4.78, 5) is 12.8. The zero-order valence-corrected chi connectivity index (χ0v) is 20.7. The second-order valence-corrected chi connectivity index (χ2v) is 11.8. The maximum atomic E-state index is 12.6. The van der Waals surface area contributed by atoms with Gasteiger partial charge in [0, 0.05) is 24.7 Å². The molecule has 0 unspecified atom stereocenters. The number of benzene rings is 2. The highest BCUT2D eigenvalue weighted by atomic mass is 32.2. The molecule has 0 atom stereocenters. The van der Waals surface area contributed by atoms with E-state index in [-0.39, 0.29) is 33.0 Å². The fourth-order valence-electron chi connectivity index (χ4n) is 2.99. The first-order valence-electron chi connectivity index (χ1n) is 10.6. The lowest BCUT2D eigenvalue weighted by Crippen LogP contribution is -2.28. The lowest BCUT2D eigenvalue weighted by atomic mass is 10.2. The summed E-state index contributed by atoms with van der Waals surface area (Å²) in [7, 11) is -5.43. The molecule has 12 heteroatoms. The summed E-state index contributed by atoms with van der Waals surface area (Å²) in [5.74, 6) is -0.457. The zero-order chi connectivity index (χ0) is 24.9. The second kappa shape index (κ2) is 10.5. The minimum Gasteiger partial charge on any atom is -0.403 e. The number of unbranched alkanes of at least 4 members (excludes halogenated alkanes) is 1. The Bertz CT molecular complexity index is 1350. The van der Waals surface area contributed by atoms with Gasteiger partial charge in [0.1, 0.15) is 0 Å². The van der Waals surface area contributed by atoms with Crippen LogP contribution < -0.4 is 5.32 Å². The van der Waals surface area contributed by atoms with Crippen molar-refractivity contribution in [2.45, 2.75) is 36.5 Å². The summed E-state index contributed by atoms with van der Waals surface area (Å²) >= 11 is 0. The molecule has 0 saturated carbocycles. The molecule has 0 aliphatic heterocycles. The summed E-state index contributed by atoms with van der Waals surface area (Å²) in [6.45, 7) is 3.96. The highest BCUT2D eigenvalue weighted by Crippen LogP contribution is 2.23. The van der Waals surface area contributed by atoms with Gasteiger partial charge in [0.2, 0.25) is 15.9 Å². The lowest BCUT2D eigenvalue weighted by Gasteiger charge is -2.16. The van der Waals surface area contributed by atoms with E-state index in [1.165, 1.54) is 47.8 Å². The lowest BCUT2D eigenvalue weighted by molar-refractivity contribution is 0.102. The first-order valence-corrected chi connectivity index (χ1v) is 13.7. The van der Waals surface area contributed by atoms with Crippen LogP contribution in [0.1, 0.15) is 37.0 Å². The molecule has 1 amide bonds. The minimum absolute atomic E-state index is 0.00838. The SMILES string of the molecule is CCCCN(C)S(=O)(=O)c1ccc(C(=O)Nc2nnc(-c3ccc(S(=O)(=O)CC)cc3)o2)cc1. The average molecular weight is 507 g/mol. The average Bonchev–Trinajstić information content (AvgIpc) is 3.31. The van der Waals surface area contributed by atoms with Crippen LogP contribution in [0.5, 0.6) is 0 Å². The molecule has 0 spiro atoms. The molecule has 0 fully saturated rings. The molecule has 2 aromatic carbocycles. The molecule has 1 N–H and O–H groups in total. The van der Waals surface area contributed by atoms with Gasteiger partial charge < -0.3 is 4.42 Å². The zero-order valence-electron chi connectivity index (χ0n) is 19.1. The number of hydrogen-bond acceptors (Lipinski definition) is 8. The summed E-state index contributed by atoms with van der Waals surface area (Å²) in [5.41, 5.74) is 0.703. The smallest absolute Gasteiger partial charge is 0.322 e. The van der Waals surface area contributed by atoms with Gasteiger partial charge in [0.15, 0.2) is 9.84 Å². The van der Waals surface area contributed by atoms with E-state index in [1.54, 1.807) is 19.1 Å². The number of hydrogen-bond donors (Lipinski definition) is 1. The van der Waals surface area contributed by atoms with Crippen molar-refractivity contribution in [3.8, 4) is 11.5 Å². The molecule has 3 aromatic rings.